The molecule has 7 nitrogen and oxygen atoms in total. The first-order valence-corrected chi connectivity index (χ1v) is 10.8. The van der Waals surface area contributed by atoms with Crippen molar-refractivity contribution in [2.45, 2.75) is 11.0 Å². The smallest absolute Gasteiger partial charge is 0.261 e. The molecule has 2 N–H and O–H groups in total. The molecule has 1 amide bonds. The number of nitrogens with one attached hydrogen (secondary N) is 2. The Kier molecular flexibility index (Phi) is 5.58. The fourth-order valence-corrected chi connectivity index (χ4v) is 4.08. The van der Waals surface area contributed by atoms with Gasteiger partial charge in [-0.3, -0.25) is 9.52 Å². The summed E-state index contributed by atoms with van der Waals surface area (Å²) in [6.45, 7) is 0.585. The summed E-state index contributed by atoms with van der Waals surface area (Å²) in [7, 11) is -3.73. The minimum Gasteiger partial charge on any atom is -0.486 e. The summed E-state index contributed by atoms with van der Waals surface area (Å²) in [4.78, 5) is 12.7. The number of para-hydroxylation sites is 2. The zero-order chi connectivity index (χ0) is 21.0. The summed E-state index contributed by atoms with van der Waals surface area (Å²) < 4.78 is 38.9. The van der Waals surface area contributed by atoms with E-state index in [1.807, 2.05) is 24.3 Å². The van der Waals surface area contributed by atoms with Gasteiger partial charge in [0, 0.05) is 11.3 Å². The van der Waals surface area contributed by atoms with E-state index in [4.69, 9.17) is 9.47 Å². The first-order chi connectivity index (χ1) is 14.5. The Labute approximate surface area is 174 Å². The number of benzene rings is 3. The molecule has 154 valence electrons. The summed E-state index contributed by atoms with van der Waals surface area (Å²) in [5.74, 6) is 0.983. The van der Waals surface area contributed by atoms with E-state index in [-0.39, 0.29) is 23.5 Å². The van der Waals surface area contributed by atoms with Crippen LogP contribution in [0.3, 0.4) is 0 Å². The summed E-state index contributed by atoms with van der Waals surface area (Å²) in [6, 6.07) is 21.7. The highest BCUT2D eigenvalue weighted by Crippen LogP contribution is 2.30. The molecule has 1 atom stereocenters. The fourth-order valence-electron chi connectivity index (χ4n) is 3.01. The molecule has 0 aliphatic carbocycles. The molecule has 0 fully saturated rings. The summed E-state index contributed by atoms with van der Waals surface area (Å²) in [6.07, 6.45) is -0.316. The predicted molar refractivity (Wildman–Crippen MR) is 112 cm³/mol. The van der Waals surface area contributed by atoms with Gasteiger partial charge in [0.15, 0.2) is 11.5 Å². The van der Waals surface area contributed by atoms with E-state index < -0.39 is 10.0 Å². The predicted octanol–water partition coefficient (Wildman–Crippen LogP) is 3.06. The molecule has 0 radical (unpaired) electrons. The second kappa shape index (κ2) is 8.46. The summed E-state index contributed by atoms with van der Waals surface area (Å²) in [5, 5.41) is 2.80. The SMILES string of the molecule is O=C(NC[C@@H]1COc2ccccc2O1)c1cccc(NS(=O)(=O)c2ccccc2)c1. The fraction of sp³-hybridized carbons (Fsp3) is 0.136. The lowest BCUT2D eigenvalue weighted by Crippen LogP contribution is -2.40. The Balaban J connectivity index is 1.38. The molecule has 0 saturated carbocycles. The van der Waals surface area contributed by atoms with E-state index in [1.165, 1.54) is 18.2 Å². The second-order valence-electron chi connectivity index (χ2n) is 6.71. The Morgan fingerprint density at radius 1 is 0.933 bits per heavy atom. The van der Waals surface area contributed by atoms with Gasteiger partial charge in [-0.1, -0.05) is 36.4 Å². The maximum absolute atomic E-state index is 12.5. The van der Waals surface area contributed by atoms with E-state index in [2.05, 4.69) is 10.0 Å². The average molecular weight is 424 g/mol. The van der Waals surface area contributed by atoms with Crippen LogP contribution in [-0.4, -0.2) is 33.6 Å². The van der Waals surface area contributed by atoms with E-state index in [9.17, 15) is 13.2 Å². The number of hydrogen-bond acceptors (Lipinski definition) is 5. The summed E-state index contributed by atoms with van der Waals surface area (Å²) in [5.41, 5.74) is 0.637. The van der Waals surface area contributed by atoms with Gasteiger partial charge in [0.25, 0.3) is 15.9 Å². The van der Waals surface area contributed by atoms with Crippen molar-refractivity contribution in [3.8, 4) is 11.5 Å². The molecule has 1 heterocycles. The number of amides is 1. The minimum absolute atomic E-state index is 0.148. The number of fused-ring (bicyclic) bond motifs is 1. The van der Waals surface area contributed by atoms with Crippen LogP contribution in [0.25, 0.3) is 0 Å². The first kappa shape index (κ1) is 19.8. The van der Waals surface area contributed by atoms with Gasteiger partial charge in [0.1, 0.15) is 12.7 Å². The van der Waals surface area contributed by atoms with Crippen LogP contribution < -0.4 is 19.5 Å². The Morgan fingerprint density at radius 3 is 2.47 bits per heavy atom. The number of hydrogen-bond donors (Lipinski definition) is 2. The Hall–Kier alpha value is -3.52. The van der Waals surface area contributed by atoms with Crippen molar-refractivity contribution in [3.05, 3.63) is 84.4 Å². The monoisotopic (exact) mass is 424 g/mol. The van der Waals surface area contributed by atoms with Crippen molar-refractivity contribution in [2.75, 3.05) is 17.9 Å². The molecule has 1 aliphatic rings. The second-order valence-corrected chi connectivity index (χ2v) is 8.39. The van der Waals surface area contributed by atoms with Gasteiger partial charge in [-0.15, -0.1) is 0 Å². The van der Waals surface area contributed by atoms with Gasteiger partial charge in [0.05, 0.1) is 11.4 Å². The quantitative estimate of drug-likeness (QED) is 0.634. The van der Waals surface area contributed by atoms with Crippen LogP contribution in [0.15, 0.2) is 83.8 Å². The lowest BCUT2D eigenvalue weighted by Gasteiger charge is -2.26. The van der Waals surface area contributed by atoms with E-state index in [1.54, 1.807) is 36.4 Å². The van der Waals surface area contributed by atoms with Crippen LogP contribution >= 0.6 is 0 Å². The third-order valence-electron chi connectivity index (χ3n) is 4.49. The third-order valence-corrected chi connectivity index (χ3v) is 5.89. The number of anilines is 1. The maximum Gasteiger partial charge on any atom is 0.261 e. The molecule has 0 aromatic heterocycles. The van der Waals surface area contributed by atoms with Gasteiger partial charge >= 0.3 is 0 Å². The van der Waals surface area contributed by atoms with Crippen molar-refractivity contribution in [1.29, 1.82) is 0 Å². The normalized spacial score (nSPS) is 15.3. The van der Waals surface area contributed by atoms with Crippen molar-refractivity contribution >= 4 is 21.6 Å². The summed E-state index contributed by atoms with van der Waals surface area (Å²) >= 11 is 0. The lowest BCUT2D eigenvalue weighted by atomic mass is 10.2. The van der Waals surface area contributed by atoms with Gasteiger partial charge < -0.3 is 14.8 Å². The first-order valence-electron chi connectivity index (χ1n) is 9.36. The number of sulfonamides is 1. The number of carbonyl (C=O) groups is 1. The molecule has 30 heavy (non-hydrogen) atoms. The van der Waals surface area contributed by atoms with Crippen LogP contribution in [-0.2, 0) is 10.0 Å². The molecule has 0 saturated heterocycles. The molecule has 3 aromatic rings. The van der Waals surface area contributed by atoms with Gasteiger partial charge in [-0.05, 0) is 42.5 Å². The van der Waals surface area contributed by atoms with E-state index >= 15 is 0 Å². The van der Waals surface area contributed by atoms with Gasteiger partial charge in [0.2, 0.25) is 0 Å². The Bertz CT molecular complexity index is 1150. The molecule has 1 aliphatic heterocycles. The Morgan fingerprint density at radius 2 is 1.67 bits per heavy atom. The maximum atomic E-state index is 12.5. The number of ether oxygens (including phenoxy) is 2. The topological polar surface area (TPSA) is 93.7 Å². The molecule has 4 rings (SSSR count). The molecule has 8 heteroatoms. The van der Waals surface area contributed by atoms with E-state index in [0.29, 0.717) is 29.4 Å². The van der Waals surface area contributed by atoms with Gasteiger partial charge in [-0.25, -0.2) is 8.42 Å². The zero-order valence-electron chi connectivity index (χ0n) is 15.9. The molecule has 0 unspecified atom stereocenters. The van der Waals surface area contributed by atoms with Crippen LogP contribution in [0.2, 0.25) is 0 Å². The van der Waals surface area contributed by atoms with Gasteiger partial charge in [-0.2, -0.15) is 0 Å². The minimum atomic E-state index is -3.73. The number of rotatable bonds is 6. The highest BCUT2D eigenvalue weighted by molar-refractivity contribution is 7.92. The van der Waals surface area contributed by atoms with Crippen LogP contribution in [0.4, 0.5) is 5.69 Å². The van der Waals surface area contributed by atoms with Crippen molar-refractivity contribution in [1.82, 2.24) is 5.32 Å². The molecule has 0 bridgehead atoms. The van der Waals surface area contributed by atoms with E-state index in [0.717, 1.165) is 0 Å². The average Bonchev–Trinajstić information content (AvgIpc) is 2.78. The standard InChI is InChI=1S/C22H20N2O5S/c25-22(23-14-18-15-28-20-11-4-5-12-21(20)29-18)16-7-6-8-17(13-16)24-30(26,27)19-9-2-1-3-10-19/h1-13,18,24H,14-15H2,(H,23,25)/t18-/m1/s1. The van der Waals surface area contributed by atoms with Crippen molar-refractivity contribution < 1.29 is 22.7 Å². The molecular formula is C22H20N2O5S. The van der Waals surface area contributed by atoms with Crippen molar-refractivity contribution in [2.24, 2.45) is 0 Å². The zero-order valence-corrected chi connectivity index (χ0v) is 16.8. The lowest BCUT2D eigenvalue weighted by molar-refractivity contribution is 0.0789. The molecule has 3 aromatic carbocycles. The molecule has 0 spiro atoms. The molecular weight excluding hydrogens is 404 g/mol. The third kappa shape index (κ3) is 4.55. The van der Waals surface area contributed by atoms with Crippen LogP contribution in [0, 0.1) is 0 Å². The number of carbonyl (C=O) groups excluding carboxylic acids is 1. The largest absolute Gasteiger partial charge is 0.486 e. The highest BCUT2D eigenvalue weighted by atomic mass is 32.2. The van der Waals surface area contributed by atoms with Crippen molar-refractivity contribution in [3.63, 3.8) is 0 Å². The highest BCUT2D eigenvalue weighted by Gasteiger charge is 2.21. The van der Waals surface area contributed by atoms with Crippen LogP contribution in [0.5, 0.6) is 11.5 Å². The van der Waals surface area contributed by atoms with Crippen LogP contribution in [0.1, 0.15) is 10.4 Å².